The molecule has 1 aliphatic heterocycles. The lowest BCUT2D eigenvalue weighted by molar-refractivity contribution is -0.136. The van der Waals surface area contributed by atoms with E-state index in [4.69, 9.17) is 4.74 Å². The molecule has 98 valence electrons. The van der Waals surface area contributed by atoms with Crippen LogP contribution < -0.4 is 4.74 Å². The van der Waals surface area contributed by atoms with Crippen molar-refractivity contribution < 1.29 is 9.53 Å². The van der Waals surface area contributed by atoms with Crippen molar-refractivity contribution in [2.45, 2.75) is 25.3 Å². The van der Waals surface area contributed by atoms with Crippen LogP contribution in [0.3, 0.4) is 0 Å². The number of rotatable bonds is 4. The molecule has 1 aliphatic rings. The van der Waals surface area contributed by atoms with Gasteiger partial charge in [-0.1, -0.05) is 34.1 Å². The minimum Gasteiger partial charge on any atom is -0.484 e. The third-order valence-corrected chi connectivity index (χ3v) is 3.98. The quantitative estimate of drug-likeness (QED) is 0.800. The van der Waals surface area contributed by atoms with Crippen molar-refractivity contribution in [2.75, 3.05) is 18.5 Å². The number of likely N-dealkylation sites (tertiary alicyclic amines) is 1. The molecule has 0 aliphatic carbocycles. The molecule has 0 bridgehead atoms. The number of para-hydroxylation sites is 1. The fourth-order valence-electron chi connectivity index (χ4n) is 2.23. The first kappa shape index (κ1) is 13.4. The zero-order chi connectivity index (χ0) is 12.8. The van der Waals surface area contributed by atoms with E-state index in [1.165, 1.54) is 6.42 Å². The number of amides is 1. The van der Waals surface area contributed by atoms with Crippen LogP contribution in [0.2, 0.25) is 0 Å². The number of carbonyl (C=O) groups is 1. The van der Waals surface area contributed by atoms with E-state index < -0.39 is 0 Å². The molecule has 18 heavy (non-hydrogen) atoms. The number of hydrogen-bond donors (Lipinski definition) is 0. The number of nitrogens with zero attached hydrogens (tertiary/aromatic N) is 1. The van der Waals surface area contributed by atoms with Gasteiger partial charge in [-0.25, -0.2) is 0 Å². The van der Waals surface area contributed by atoms with E-state index in [1.807, 2.05) is 35.2 Å². The van der Waals surface area contributed by atoms with E-state index in [-0.39, 0.29) is 12.5 Å². The van der Waals surface area contributed by atoms with Crippen LogP contribution in [0, 0.1) is 0 Å². The molecule has 1 atom stereocenters. The number of alkyl halides is 1. The van der Waals surface area contributed by atoms with Gasteiger partial charge in [0.1, 0.15) is 5.75 Å². The molecule has 1 saturated heterocycles. The van der Waals surface area contributed by atoms with Crippen molar-refractivity contribution in [1.29, 1.82) is 0 Å². The van der Waals surface area contributed by atoms with E-state index in [0.717, 1.165) is 30.5 Å². The first-order valence-corrected chi connectivity index (χ1v) is 7.46. The second-order valence-electron chi connectivity index (χ2n) is 4.49. The van der Waals surface area contributed by atoms with Crippen LogP contribution in [-0.4, -0.2) is 35.3 Å². The number of piperidine rings is 1. The number of halogens is 1. The van der Waals surface area contributed by atoms with Gasteiger partial charge in [-0.2, -0.15) is 0 Å². The summed E-state index contributed by atoms with van der Waals surface area (Å²) >= 11 is 3.48. The summed E-state index contributed by atoms with van der Waals surface area (Å²) in [7, 11) is 0. The molecule has 1 amide bonds. The third kappa shape index (κ3) is 3.48. The largest absolute Gasteiger partial charge is 0.484 e. The molecule has 4 heteroatoms. The van der Waals surface area contributed by atoms with Gasteiger partial charge in [0.2, 0.25) is 0 Å². The lowest BCUT2D eigenvalue weighted by atomic mass is 10.0. The maximum absolute atomic E-state index is 12.1. The van der Waals surface area contributed by atoms with Crippen LogP contribution in [0.4, 0.5) is 0 Å². The maximum Gasteiger partial charge on any atom is 0.260 e. The standard InChI is InChI=1S/C14H18BrNO2/c15-10-12-6-4-5-9-16(12)14(17)11-18-13-7-2-1-3-8-13/h1-3,7-8,12H,4-6,9-11H2. The normalized spacial score (nSPS) is 19.6. The molecule has 1 heterocycles. The predicted octanol–water partition coefficient (Wildman–Crippen LogP) is 2.84. The predicted molar refractivity (Wildman–Crippen MR) is 75.1 cm³/mol. The van der Waals surface area contributed by atoms with Crippen LogP contribution in [0.5, 0.6) is 5.75 Å². The van der Waals surface area contributed by atoms with Gasteiger partial charge in [0.25, 0.3) is 5.91 Å². The summed E-state index contributed by atoms with van der Waals surface area (Å²) in [4.78, 5) is 14.1. The van der Waals surface area contributed by atoms with Gasteiger partial charge >= 0.3 is 0 Å². The molecule has 1 fully saturated rings. The molecule has 0 aromatic heterocycles. The molecule has 1 aromatic rings. The summed E-state index contributed by atoms with van der Waals surface area (Å²) in [5.41, 5.74) is 0. The molecule has 0 saturated carbocycles. The number of ether oxygens (including phenoxy) is 1. The Kier molecular flexibility index (Phi) is 5.05. The first-order valence-electron chi connectivity index (χ1n) is 6.34. The average Bonchev–Trinajstić information content (AvgIpc) is 2.45. The number of benzene rings is 1. The Bertz CT molecular complexity index is 383. The minimum atomic E-state index is 0.0861. The van der Waals surface area contributed by atoms with Crippen molar-refractivity contribution in [3.05, 3.63) is 30.3 Å². The Morgan fingerprint density at radius 1 is 1.33 bits per heavy atom. The van der Waals surface area contributed by atoms with Gasteiger partial charge in [-0.3, -0.25) is 4.79 Å². The summed E-state index contributed by atoms with van der Waals surface area (Å²) in [5, 5.41) is 0.851. The Hall–Kier alpha value is -1.03. The van der Waals surface area contributed by atoms with Gasteiger partial charge in [0.05, 0.1) is 0 Å². The molecular weight excluding hydrogens is 294 g/mol. The van der Waals surface area contributed by atoms with E-state index in [9.17, 15) is 4.79 Å². The van der Waals surface area contributed by atoms with Crippen LogP contribution in [0.1, 0.15) is 19.3 Å². The second kappa shape index (κ2) is 6.78. The highest BCUT2D eigenvalue weighted by atomic mass is 79.9. The highest BCUT2D eigenvalue weighted by molar-refractivity contribution is 9.09. The monoisotopic (exact) mass is 311 g/mol. The summed E-state index contributed by atoms with van der Waals surface area (Å²) < 4.78 is 5.51. The molecular formula is C14H18BrNO2. The zero-order valence-electron chi connectivity index (χ0n) is 10.3. The second-order valence-corrected chi connectivity index (χ2v) is 5.14. The molecule has 1 aromatic carbocycles. The van der Waals surface area contributed by atoms with Crippen LogP contribution in [0.25, 0.3) is 0 Å². The molecule has 0 N–H and O–H groups in total. The summed E-state index contributed by atoms with van der Waals surface area (Å²) in [6.45, 7) is 0.987. The van der Waals surface area contributed by atoms with Crippen molar-refractivity contribution in [1.82, 2.24) is 4.90 Å². The Morgan fingerprint density at radius 3 is 2.83 bits per heavy atom. The average molecular weight is 312 g/mol. The lowest BCUT2D eigenvalue weighted by Gasteiger charge is -2.34. The smallest absolute Gasteiger partial charge is 0.260 e. The third-order valence-electron chi connectivity index (χ3n) is 3.23. The highest BCUT2D eigenvalue weighted by Gasteiger charge is 2.25. The van der Waals surface area contributed by atoms with E-state index in [1.54, 1.807) is 0 Å². The van der Waals surface area contributed by atoms with Crippen molar-refractivity contribution in [3.63, 3.8) is 0 Å². The first-order chi connectivity index (χ1) is 8.81. The van der Waals surface area contributed by atoms with Gasteiger partial charge in [0, 0.05) is 17.9 Å². The summed E-state index contributed by atoms with van der Waals surface area (Å²) in [6, 6.07) is 9.80. The van der Waals surface area contributed by atoms with Crippen LogP contribution >= 0.6 is 15.9 Å². The van der Waals surface area contributed by atoms with Gasteiger partial charge in [-0.15, -0.1) is 0 Å². The topological polar surface area (TPSA) is 29.5 Å². The lowest BCUT2D eigenvalue weighted by Crippen LogP contribution is -2.46. The van der Waals surface area contributed by atoms with E-state index in [2.05, 4.69) is 15.9 Å². The van der Waals surface area contributed by atoms with Crippen LogP contribution in [-0.2, 0) is 4.79 Å². The molecule has 1 unspecified atom stereocenters. The van der Waals surface area contributed by atoms with Crippen molar-refractivity contribution >= 4 is 21.8 Å². The minimum absolute atomic E-state index is 0.0861. The summed E-state index contributed by atoms with van der Waals surface area (Å²) in [6.07, 6.45) is 3.39. The molecule has 0 spiro atoms. The van der Waals surface area contributed by atoms with E-state index >= 15 is 0 Å². The fraction of sp³-hybridized carbons (Fsp3) is 0.500. The Morgan fingerprint density at radius 2 is 2.11 bits per heavy atom. The zero-order valence-corrected chi connectivity index (χ0v) is 11.9. The highest BCUT2D eigenvalue weighted by Crippen LogP contribution is 2.19. The van der Waals surface area contributed by atoms with Gasteiger partial charge < -0.3 is 9.64 Å². The van der Waals surface area contributed by atoms with Crippen molar-refractivity contribution in [3.8, 4) is 5.75 Å². The molecule has 3 nitrogen and oxygen atoms in total. The van der Waals surface area contributed by atoms with Crippen molar-refractivity contribution in [2.24, 2.45) is 0 Å². The summed E-state index contributed by atoms with van der Waals surface area (Å²) in [5.74, 6) is 0.834. The molecule has 2 rings (SSSR count). The Balaban J connectivity index is 1.87. The maximum atomic E-state index is 12.1. The fourth-order valence-corrected chi connectivity index (χ4v) is 2.91. The molecule has 0 radical (unpaired) electrons. The SMILES string of the molecule is O=C(COc1ccccc1)N1CCCCC1CBr. The number of carbonyl (C=O) groups excluding carboxylic acids is 1. The van der Waals surface area contributed by atoms with Gasteiger partial charge in [-0.05, 0) is 31.4 Å². The van der Waals surface area contributed by atoms with Crippen LogP contribution in [0.15, 0.2) is 30.3 Å². The van der Waals surface area contributed by atoms with E-state index in [0.29, 0.717) is 6.04 Å². The Labute approximate surface area is 116 Å². The number of hydrogen-bond acceptors (Lipinski definition) is 2. The van der Waals surface area contributed by atoms with Gasteiger partial charge in [0.15, 0.2) is 6.61 Å².